The van der Waals surface area contributed by atoms with Crippen LogP contribution in [0.1, 0.15) is 17.3 Å². The fourth-order valence-electron chi connectivity index (χ4n) is 2.39. The summed E-state index contributed by atoms with van der Waals surface area (Å²) in [6.07, 6.45) is 0. The van der Waals surface area contributed by atoms with E-state index in [0.29, 0.717) is 12.6 Å². The van der Waals surface area contributed by atoms with Crippen molar-refractivity contribution in [3.63, 3.8) is 0 Å². The summed E-state index contributed by atoms with van der Waals surface area (Å²) in [7, 11) is 1.62. The summed E-state index contributed by atoms with van der Waals surface area (Å²) in [5.41, 5.74) is 1.80. The van der Waals surface area contributed by atoms with Gasteiger partial charge in [0.05, 0.1) is 24.9 Å². The van der Waals surface area contributed by atoms with Crippen molar-refractivity contribution >= 4 is 5.95 Å². The summed E-state index contributed by atoms with van der Waals surface area (Å²) in [4.78, 5) is 15.6. The first kappa shape index (κ1) is 11.9. The highest BCUT2D eigenvalue weighted by Gasteiger charge is 2.24. The summed E-state index contributed by atoms with van der Waals surface area (Å²) in [5.74, 6) is 0.619. The standard InChI is InChI=1S/C14H15N3O2/c1-19-9-11-7-13(18)16-14-15-12(8-17(11)14)10-5-3-2-4-6-10/h2-7,12H,8-9H2,1H3,(H,15,16,18). The minimum absolute atomic E-state index is 0.145. The molecular formula is C14H15N3O2. The van der Waals surface area contributed by atoms with E-state index in [-0.39, 0.29) is 11.6 Å². The number of nitrogens with one attached hydrogen (secondary N) is 1. The molecule has 5 heteroatoms. The van der Waals surface area contributed by atoms with Gasteiger partial charge in [-0.2, -0.15) is 4.98 Å². The lowest BCUT2D eigenvalue weighted by molar-refractivity contribution is 0.177. The van der Waals surface area contributed by atoms with Crippen LogP contribution in [0, 0.1) is 0 Å². The molecule has 0 bridgehead atoms. The number of nitrogens with zero attached hydrogens (tertiary/aromatic N) is 2. The molecule has 1 aromatic carbocycles. The first-order valence-electron chi connectivity index (χ1n) is 6.19. The highest BCUT2D eigenvalue weighted by atomic mass is 16.5. The predicted octanol–water partition coefficient (Wildman–Crippen LogP) is 1.56. The zero-order valence-corrected chi connectivity index (χ0v) is 10.7. The van der Waals surface area contributed by atoms with Gasteiger partial charge >= 0.3 is 0 Å². The number of hydrogen-bond donors (Lipinski definition) is 1. The third-order valence-corrected chi connectivity index (χ3v) is 3.27. The van der Waals surface area contributed by atoms with Crippen LogP contribution in [0.5, 0.6) is 0 Å². The Hall–Kier alpha value is -2.14. The van der Waals surface area contributed by atoms with E-state index in [1.165, 1.54) is 11.6 Å². The van der Waals surface area contributed by atoms with Crippen LogP contribution in [0.3, 0.4) is 0 Å². The lowest BCUT2D eigenvalue weighted by Crippen LogP contribution is -2.15. The Bertz CT molecular complexity index is 637. The van der Waals surface area contributed by atoms with Gasteiger partial charge < -0.3 is 14.6 Å². The molecule has 1 N–H and O–H groups in total. The minimum atomic E-state index is -0.237. The highest BCUT2D eigenvalue weighted by Crippen LogP contribution is 2.27. The number of fused-ring (bicyclic) bond motifs is 1. The average molecular weight is 257 g/mol. The number of rotatable bonds is 3. The molecule has 2 aromatic rings. The second kappa shape index (κ2) is 4.85. The fraction of sp³-hybridized carbons (Fsp3) is 0.286. The number of hydrogen-bond acceptors (Lipinski definition) is 4. The van der Waals surface area contributed by atoms with E-state index >= 15 is 0 Å². The first-order valence-corrected chi connectivity index (χ1v) is 6.19. The third-order valence-electron chi connectivity index (χ3n) is 3.27. The number of anilines is 1. The maximum absolute atomic E-state index is 11.5. The maximum Gasteiger partial charge on any atom is 0.274 e. The molecule has 0 saturated carbocycles. The van der Waals surface area contributed by atoms with Crippen LogP contribution in [-0.2, 0) is 17.9 Å². The van der Waals surface area contributed by atoms with Gasteiger partial charge in [-0.05, 0) is 5.56 Å². The largest absolute Gasteiger partial charge is 0.378 e. The van der Waals surface area contributed by atoms with Gasteiger partial charge in [-0.1, -0.05) is 30.3 Å². The van der Waals surface area contributed by atoms with Crippen LogP contribution < -0.4 is 10.9 Å². The summed E-state index contributed by atoms with van der Waals surface area (Å²) in [6.45, 7) is 1.17. The molecular weight excluding hydrogens is 242 g/mol. The van der Waals surface area contributed by atoms with Crippen LogP contribution >= 0.6 is 0 Å². The fourth-order valence-corrected chi connectivity index (χ4v) is 2.39. The molecule has 1 aliphatic heterocycles. The number of methoxy groups -OCH3 is 1. The van der Waals surface area contributed by atoms with Crippen LogP contribution in [0.2, 0.25) is 0 Å². The molecule has 0 spiro atoms. The Balaban J connectivity index is 1.96. The second-order valence-electron chi connectivity index (χ2n) is 4.56. The molecule has 98 valence electrons. The van der Waals surface area contributed by atoms with Gasteiger partial charge in [0.1, 0.15) is 0 Å². The average Bonchev–Trinajstić information content (AvgIpc) is 2.84. The predicted molar refractivity (Wildman–Crippen MR) is 72.0 cm³/mol. The van der Waals surface area contributed by atoms with Crippen molar-refractivity contribution in [2.45, 2.75) is 19.2 Å². The molecule has 19 heavy (non-hydrogen) atoms. The Morgan fingerprint density at radius 1 is 1.42 bits per heavy atom. The molecule has 3 rings (SSSR count). The van der Waals surface area contributed by atoms with Crippen LogP contribution in [0.25, 0.3) is 0 Å². The normalized spacial score (nSPS) is 17.0. The van der Waals surface area contributed by atoms with Gasteiger partial charge in [0.25, 0.3) is 5.56 Å². The van der Waals surface area contributed by atoms with Gasteiger partial charge in [0, 0.05) is 13.2 Å². The molecule has 0 aliphatic carbocycles. The zero-order chi connectivity index (χ0) is 13.2. The number of aromatic nitrogens is 2. The van der Waals surface area contributed by atoms with Crippen molar-refractivity contribution in [2.75, 3.05) is 12.4 Å². The van der Waals surface area contributed by atoms with Crippen LogP contribution in [0.15, 0.2) is 41.2 Å². The SMILES string of the molecule is COCc1cc(=O)nc2n1CC(c1ccccc1)N2. The molecule has 2 heterocycles. The van der Waals surface area contributed by atoms with Crippen molar-refractivity contribution in [3.8, 4) is 0 Å². The lowest BCUT2D eigenvalue weighted by atomic mass is 10.1. The molecule has 5 nitrogen and oxygen atoms in total. The van der Waals surface area contributed by atoms with Crippen LogP contribution in [-0.4, -0.2) is 16.7 Å². The van der Waals surface area contributed by atoms with Gasteiger partial charge in [-0.15, -0.1) is 0 Å². The van der Waals surface area contributed by atoms with Crippen LogP contribution in [0.4, 0.5) is 5.95 Å². The molecule has 1 unspecified atom stereocenters. The van der Waals surface area contributed by atoms with E-state index in [1.807, 2.05) is 22.8 Å². The van der Waals surface area contributed by atoms with E-state index in [2.05, 4.69) is 22.4 Å². The first-order chi connectivity index (χ1) is 9.28. The molecule has 0 radical (unpaired) electrons. The van der Waals surface area contributed by atoms with Crippen molar-refractivity contribution in [1.82, 2.24) is 9.55 Å². The molecule has 1 aromatic heterocycles. The molecule has 0 saturated heterocycles. The van der Waals surface area contributed by atoms with E-state index in [4.69, 9.17) is 4.74 Å². The quantitative estimate of drug-likeness (QED) is 0.906. The van der Waals surface area contributed by atoms with E-state index in [9.17, 15) is 4.79 Å². The van der Waals surface area contributed by atoms with Gasteiger partial charge in [-0.25, -0.2) is 0 Å². The molecule has 1 atom stereocenters. The van der Waals surface area contributed by atoms with Crippen molar-refractivity contribution < 1.29 is 4.74 Å². The Morgan fingerprint density at radius 2 is 2.21 bits per heavy atom. The van der Waals surface area contributed by atoms with Crippen molar-refractivity contribution in [1.29, 1.82) is 0 Å². The summed E-state index contributed by atoms with van der Waals surface area (Å²) in [5, 5.41) is 3.29. The topological polar surface area (TPSA) is 56.1 Å². The third kappa shape index (κ3) is 2.24. The molecule has 0 amide bonds. The lowest BCUT2D eigenvalue weighted by Gasteiger charge is -2.10. The number of ether oxygens (including phenoxy) is 1. The summed E-state index contributed by atoms with van der Waals surface area (Å²) in [6, 6.07) is 11.8. The summed E-state index contributed by atoms with van der Waals surface area (Å²) >= 11 is 0. The van der Waals surface area contributed by atoms with Crippen molar-refractivity contribution in [2.24, 2.45) is 0 Å². The highest BCUT2D eigenvalue weighted by molar-refractivity contribution is 5.38. The Morgan fingerprint density at radius 3 is 2.95 bits per heavy atom. The van der Waals surface area contributed by atoms with Gasteiger partial charge in [0.15, 0.2) is 0 Å². The van der Waals surface area contributed by atoms with E-state index in [1.54, 1.807) is 7.11 Å². The Labute approximate surface area is 110 Å². The zero-order valence-electron chi connectivity index (χ0n) is 10.7. The van der Waals surface area contributed by atoms with Gasteiger partial charge in [-0.3, -0.25) is 4.79 Å². The van der Waals surface area contributed by atoms with Gasteiger partial charge in [0.2, 0.25) is 5.95 Å². The minimum Gasteiger partial charge on any atom is -0.378 e. The number of benzene rings is 1. The second-order valence-corrected chi connectivity index (χ2v) is 4.56. The smallest absolute Gasteiger partial charge is 0.274 e. The van der Waals surface area contributed by atoms with Crippen molar-refractivity contribution in [3.05, 3.63) is 58.0 Å². The maximum atomic E-state index is 11.5. The molecule has 1 aliphatic rings. The molecule has 0 fully saturated rings. The Kier molecular flexibility index (Phi) is 3.05. The van der Waals surface area contributed by atoms with E-state index < -0.39 is 0 Å². The monoisotopic (exact) mass is 257 g/mol. The van der Waals surface area contributed by atoms with E-state index in [0.717, 1.165) is 12.2 Å². The summed E-state index contributed by atoms with van der Waals surface area (Å²) < 4.78 is 7.14.